The fraction of sp³-hybridized carbons (Fsp3) is 0.600. The largest absolute Gasteiger partial charge is 0.388 e. The van der Waals surface area contributed by atoms with Gasteiger partial charge in [0.25, 0.3) is 0 Å². The van der Waals surface area contributed by atoms with Crippen molar-refractivity contribution in [2.24, 2.45) is 5.41 Å². The quantitative estimate of drug-likeness (QED) is 0.875. The second-order valence-electron chi connectivity index (χ2n) is 6.29. The molecule has 0 spiro atoms. The Hall–Kier alpha value is -1.60. The van der Waals surface area contributed by atoms with Crippen molar-refractivity contribution in [3.63, 3.8) is 0 Å². The van der Waals surface area contributed by atoms with Crippen LogP contribution < -0.4 is 5.32 Å². The van der Waals surface area contributed by atoms with Crippen LogP contribution in [0.4, 0.5) is 5.69 Å². The molecule has 0 atom stereocenters. The minimum absolute atomic E-state index is 0.349. The molecule has 1 saturated carbocycles. The van der Waals surface area contributed by atoms with E-state index < -0.39 is 5.60 Å². The summed E-state index contributed by atoms with van der Waals surface area (Å²) >= 11 is 0. The highest BCUT2D eigenvalue weighted by Gasteiger charge is 2.36. The van der Waals surface area contributed by atoms with E-state index in [-0.39, 0.29) is 0 Å². The molecule has 0 radical (unpaired) electrons. The molecule has 1 aliphatic carbocycles. The summed E-state index contributed by atoms with van der Waals surface area (Å²) < 4.78 is 0. The minimum Gasteiger partial charge on any atom is -0.388 e. The van der Waals surface area contributed by atoms with Gasteiger partial charge in [0.15, 0.2) is 0 Å². The molecular weight excluding hydrogens is 238 g/mol. The van der Waals surface area contributed by atoms with Crippen LogP contribution in [0.15, 0.2) is 18.3 Å². The molecule has 1 aromatic heterocycles. The first-order valence-electron chi connectivity index (χ1n) is 6.75. The molecule has 0 aliphatic heterocycles. The number of aromatic nitrogens is 1. The summed E-state index contributed by atoms with van der Waals surface area (Å²) in [4.78, 5) is 4.00. The van der Waals surface area contributed by atoms with Gasteiger partial charge in [0.05, 0.1) is 17.5 Å². The van der Waals surface area contributed by atoms with Crippen molar-refractivity contribution in [2.75, 3.05) is 11.9 Å². The highest BCUT2D eigenvalue weighted by molar-refractivity contribution is 5.43. The Morgan fingerprint density at radius 3 is 2.53 bits per heavy atom. The van der Waals surface area contributed by atoms with E-state index in [0.29, 0.717) is 17.7 Å². The molecule has 0 amide bonds. The van der Waals surface area contributed by atoms with Crippen molar-refractivity contribution >= 4 is 5.69 Å². The second-order valence-corrected chi connectivity index (χ2v) is 6.29. The van der Waals surface area contributed by atoms with Crippen molar-refractivity contribution in [3.8, 4) is 6.07 Å². The molecule has 1 fully saturated rings. The van der Waals surface area contributed by atoms with Crippen molar-refractivity contribution in [2.45, 2.75) is 45.1 Å². The Balaban J connectivity index is 1.89. The SMILES string of the molecule is CC1(C)CCC(O)(CNc2ccc(C#N)nc2)CC1. The molecule has 2 N–H and O–H groups in total. The molecule has 1 aromatic rings. The van der Waals surface area contributed by atoms with Gasteiger partial charge >= 0.3 is 0 Å². The number of nitrogens with one attached hydrogen (secondary N) is 1. The molecule has 19 heavy (non-hydrogen) atoms. The van der Waals surface area contributed by atoms with Crippen molar-refractivity contribution in [1.29, 1.82) is 5.26 Å². The summed E-state index contributed by atoms with van der Waals surface area (Å²) in [5.74, 6) is 0. The molecule has 1 aliphatic rings. The third-order valence-electron chi connectivity index (χ3n) is 4.03. The normalized spacial score (nSPS) is 20.5. The first-order chi connectivity index (χ1) is 8.92. The van der Waals surface area contributed by atoms with Gasteiger partial charge in [-0.2, -0.15) is 5.26 Å². The summed E-state index contributed by atoms with van der Waals surface area (Å²) in [5.41, 5.74) is 0.979. The lowest BCUT2D eigenvalue weighted by molar-refractivity contribution is -0.0145. The molecule has 4 heteroatoms. The fourth-order valence-corrected chi connectivity index (χ4v) is 2.40. The van der Waals surface area contributed by atoms with Crippen LogP contribution in [0.5, 0.6) is 0 Å². The Morgan fingerprint density at radius 1 is 1.32 bits per heavy atom. The maximum Gasteiger partial charge on any atom is 0.140 e. The summed E-state index contributed by atoms with van der Waals surface area (Å²) in [6.07, 6.45) is 5.40. The lowest BCUT2D eigenvalue weighted by atomic mass is 9.71. The molecule has 0 bridgehead atoms. The summed E-state index contributed by atoms with van der Waals surface area (Å²) in [5, 5.41) is 22.4. The summed E-state index contributed by atoms with van der Waals surface area (Å²) in [6.45, 7) is 5.05. The van der Waals surface area contributed by atoms with Crippen molar-refractivity contribution < 1.29 is 5.11 Å². The van der Waals surface area contributed by atoms with Crippen LogP contribution >= 0.6 is 0 Å². The molecular formula is C15H21N3O. The van der Waals surface area contributed by atoms with Crippen LogP contribution in [0, 0.1) is 16.7 Å². The van der Waals surface area contributed by atoms with E-state index in [2.05, 4.69) is 24.1 Å². The van der Waals surface area contributed by atoms with Gasteiger partial charge in [-0.05, 0) is 43.2 Å². The Kier molecular flexibility index (Phi) is 3.77. The number of hydrogen-bond acceptors (Lipinski definition) is 4. The zero-order valence-electron chi connectivity index (χ0n) is 11.6. The van der Waals surface area contributed by atoms with Gasteiger partial charge < -0.3 is 10.4 Å². The number of aliphatic hydroxyl groups is 1. The van der Waals surface area contributed by atoms with Gasteiger partial charge in [-0.3, -0.25) is 0 Å². The Bertz CT molecular complexity index is 463. The molecule has 2 rings (SSSR count). The third kappa shape index (κ3) is 3.68. The van der Waals surface area contributed by atoms with Crippen molar-refractivity contribution in [3.05, 3.63) is 24.0 Å². The van der Waals surface area contributed by atoms with E-state index in [1.54, 1.807) is 12.3 Å². The molecule has 0 saturated heterocycles. The van der Waals surface area contributed by atoms with Gasteiger partial charge in [-0.25, -0.2) is 4.98 Å². The maximum atomic E-state index is 10.5. The third-order valence-corrected chi connectivity index (χ3v) is 4.03. The van der Waals surface area contributed by atoms with Gasteiger partial charge in [0.2, 0.25) is 0 Å². The Labute approximate surface area is 114 Å². The van der Waals surface area contributed by atoms with Crippen LogP contribution in [0.3, 0.4) is 0 Å². The molecule has 1 heterocycles. The molecule has 0 aromatic carbocycles. The van der Waals surface area contributed by atoms with Crippen LogP contribution in [0.25, 0.3) is 0 Å². The summed E-state index contributed by atoms with van der Waals surface area (Å²) in [7, 11) is 0. The number of rotatable bonds is 3. The number of nitriles is 1. The average molecular weight is 259 g/mol. The highest BCUT2D eigenvalue weighted by Crippen LogP contribution is 2.40. The summed E-state index contributed by atoms with van der Waals surface area (Å²) in [6, 6.07) is 5.49. The molecule has 0 unspecified atom stereocenters. The van der Waals surface area contributed by atoms with Crippen LogP contribution in [0.1, 0.15) is 45.2 Å². The van der Waals surface area contributed by atoms with Gasteiger partial charge in [0, 0.05) is 6.54 Å². The van der Waals surface area contributed by atoms with Gasteiger partial charge in [-0.1, -0.05) is 13.8 Å². The van der Waals surface area contributed by atoms with E-state index in [0.717, 1.165) is 31.4 Å². The standard InChI is InChI=1S/C15H21N3O/c1-14(2)5-7-15(19,8-6-14)11-18-13-4-3-12(9-16)17-10-13/h3-4,10,18-19H,5-8,11H2,1-2H3. The second kappa shape index (κ2) is 5.18. The minimum atomic E-state index is -0.622. The van der Waals surface area contributed by atoms with E-state index in [4.69, 9.17) is 5.26 Å². The first kappa shape index (κ1) is 13.8. The highest BCUT2D eigenvalue weighted by atomic mass is 16.3. The van der Waals surface area contributed by atoms with Gasteiger partial charge in [0.1, 0.15) is 11.8 Å². The van der Waals surface area contributed by atoms with Crippen LogP contribution in [-0.4, -0.2) is 22.2 Å². The predicted octanol–water partition coefficient (Wildman–Crippen LogP) is 2.70. The average Bonchev–Trinajstić information content (AvgIpc) is 2.41. The van der Waals surface area contributed by atoms with Gasteiger partial charge in [-0.15, -0.1) is 0 Å². The topological polar surface area (TPSA) is 68.9 Å². The lowest BCUT2D eigenvalue weighted by Crippen LogP contribution is -2.42. The van der Waals surface area contributed by atoms with E-state index in [1.165, 1.54) is 0 Å². The van der Waals surface area contributed by atoms with E-state index in [9.17, 15) is 5.11 Å². The van der Waals surface area contributed by atoms with Crippen LogP contribution in [-0.2, 0) is 0 Å². The van der Waals surface area contributed by atoms with Crippen molar-refractivity contribution in [1.82, 2.24) is 4.98 Å². The number of pyridine rings is 1. The maximum absolute atomic E-state index is 10.5. The zero-order chi connectivity index (χ0) is 13.9. The fourth-order valence-electron chi connectivity index (χ4n) is 2.40. The van der Waals surface area contributed by atoms with E-state index >= 15 is 0 Å². The van der Waals surface area contributed by atoms with E-state index in [1.807, 2.05) is 12.1 Å². The Morgan fingerprint density at radius 2 is 2.00 bits per heavy atom. The monoisotopic (exact) mass is 259 g/mol. The number of nitrogens with zero attached hydrogens (tertiary/aromatic N) is 2. The first-order valence-corrected chi connectivity index (χ1v) is 6.75. The molecule has 102 valence electrons. The zero-order valence-corrected chi connectivity index (χ0v) is 11.6. The number of anilines is 1. The smallest absolute Gasteiger partial charge is 0.140 e. The number of hydrogen-bond donors (Lipinski definition) is 2. The molecule has 4 nitrogen and oxygen atoms in total. The predicted molar refractivity (Wildman–Crippen MR) is 74.6 cm³/mol. The van der Waals surface area contributed by atoms with Crippen LogP contribution in [0.2, 0.25) is 0 Å². The lowest BCUT2D eigenvalue weighted by Gasteiger charge is -2.40.